The third kappa shape index (κ3) is 28.9. The van der Waals surface area contributed by atoms with E-state index in [1.807, 2.05) is 99.6 Å². The Labute approximate surface area is 605 Å². The van der Waals surface area contributed by atoms with Gasteiger partial charge in [-0.25, -0.2) is 9.59 Å². The number of alkyl carbamates (subject to hydrolysis) is 1. The van der Waals surface area contributed by atoms with Crippen LogP contribution in [0.1, 0.15) is 126 Å². The Morgan fingerprint density at radius 2 is 0.870 bits per heavy atom. The van der Waals surface area contributed by atoms with Crippen LogP contribution in [-0.4, -0.2) is 97.5 Å². The van der Waals surface area contributed by atoms with Crippen LogP contribution in [0.3, 0.4) is 0 Å². The van der Waals surface area contributed by atoms with Crippen molar-refractivity contribution in [3.63, 3.8) is 0 Å². The molecule has 10 rings (SSSR count). The summed E-state index contributed by atoms with van der Waals surface area (Å²) in [6.07, 6.45) is 13.0. The molecule has 0 unspecified atom stereocenters. The maximum Gasteiger partial charge on any atom is 0.407 e. The molecule has 0 spiro atoms. The van der Waals surface area contributed by atoms with Crippen molar-refractivity contribution in [3.05, 3.63) is 261 Å². The number of nitrogens with two attached hydrogens (primary N) is 2. The number of para-hydroxylation sites is 4. The van der Waals surface area contributed by atoms with Crippen LogP contribution in [0.2, 0.25) is 20.4 Å². The predicted molar refractivity (Wildman–Crippen MR) is 398 cm³/mol. The number of hydrogen-bond donors (Lipinski definition) is 7. The smallest absolute Gasteiger partial charge is 0.407 e. The van der Waals surface area contributed by atoms with E-state index in [1.165, 1.54) is 25.8 Å². The zero-order chi connectivity index (χ0) is 71.5. The number of benzene rings is 5. The fraction of sp³-hybridized carbons (Fsp3) is 0.301. The van der Waals surface area contributed by atoms with E-state index < -0.39 is 17.1 Å². The van der Waals surface area contributed by atoms with Crippen LogP contribution in [0, 0.1) is 0 Å². The van der Waals surface area contributed by atoms with Crippen molar-refractivity contribution in [2.75, 3.05) is 44.6 Å². The quantitative estimate of drug-likeness (QED) is 0.0248. The minimum atomic E-state index is -1.22. The number of aromatic nitrogens is 5. The second-order valence-electron chi connectivity index (χ2n) is 23.3. The van der Waals surface area contributed by atoms with Gasteiger partial charge >= 0.3 is 12.1 Å². The molecule has 0 radical (unpaired) electrons. The number of oxazole rings is 2. The molecule has 0 aliphatic rings. The largest absolute Gasteiger partial charge is 0.477 e. The van der Waals surface area contributed by atoms with E-state index in [2.05, 4.69) is 31.2 Å². The molecule has 10 aromatic rings. The summed E-state index contributed by atoms with van der Waals surface area (Å²) in [6, 6.07) is 46.6. The summed E-state index contributed by atoms with van der Waals surface area (Å²) in [7, 11) is 0. The Hall–Kier alpha value is -9.26. The summed E-state index contributed by atoms with van der Waals surface area (Å²) in [5.74, 6) is -1.92. The Morgan fingerprint density at radius 1 is 0.480 bits per heavy atom. The lowest BCUT2D eigenvalue weighted by Gasteiger charge is -2.19. The van der Waals surface area contributed by atoms with Crippen molar-refractivity contribution in [3.8, 4) is 0 Å². The normalized spacial score (nSPS) is 10.6. The first kappa shape index (κ1) is 81.4. The second kappa shape index (κ2) is 43.3. The number of nitrogens with one attached hydrogen (secondary N) is 4. The summed E-state index contributed by atoms with van der Waals surface area (Å²) in [5, 5.41) is 22.4. The molecule has 5 aromatic heterocycles. The first-order valence-electron chi connectivity index (χ1n) is 32.2. The van der Waals surface area contributed by atoms with Gasteiger partial charge in [0.05, 0.1) is 19.6 Å². The Morgan fingerprint density at radius 3 is 1.28 bits per heavy atom. The number of halogens is 5. The van der Waals surface area contributed by atoms with Crippen molar-refractivity contribution < 1.29 is 37.9 Å². The lowest BCUT2D eigenvalue weighted by Crippen LogP contribution is -2.33. The van der Waals surface area contributed by atoms with Crippen LogP contribution < -0.4 is 49.4 Å². The molecule has 0 saturated heterocycles. The van der Waals surface area contributed by atoms with Gasteiger partial charge in [0.15, 0.2) is 11.2 Å². The lowest BCUT2D eigenvalue weighted by atomic mass is 10.2. The highest BCUT2D eigenvalue weighted by atomic mass is 35.5. The molecule has 3 amide bonds. The summed E-state index contributed by atoms with van der Waals surface area (Å²) >= 11 is 23.3. The van der Waals surface area contributed by atoms with Crippen LogP contribution in [0.15, 0.2) is 200 Å². The van der Waals surface area contributed by atoms with E-state index in [-0.39, 0.29) is 63.5 Å². The molecule has 0 aliphatic carbocycles. The molecule has 5 aromatic carbocycles. The highest BCUT2D eigenvalue weighted by Crippen LogP contribution is 2.20. The molecule has 0 bridgehead atoms. The number of aromatic carboxylic acids is 1. The molecular weight excluding hydrogens is 1380 g/mol. The van der Waals surface area contributed by atoms with E-state index in [0.29, 0.717) is 73.4 Å². The Bertz CT molecular complexity index is 4330. The number of amides is 3. The maximum atomic E-state index is 12.7. The fourth-order valence-electron chi connectivity index (χ4n) is 9.39. The zero-order valence-corrected chi connectivity index (χ0v) is 59.7. The number of nitrogens with zero attached hydrogens (tertiary/aromatic N) is 5. The SMILES string of the molecule is CC(C)(C)OC(=O)NCCCCCN.Cl.Clc1nc2ccccc2o1.NCCCCCNC(=O)c1cccn(Cc2cccc(Cl)c2)c1=O.O=C(NCCCCCNc1nc2ccccc2o1)c1cccn(Cc2cccc(Cl)c2)c1=O.O=C(O)c1cccn(Cc2cccc(Cl)c2)c1=O. The molecule has 22 nitrogen and oxygen atoms in total. The van der Waals surface area contributed by atoms with Gasteiger partial charge in [-0.1, -0.05) is 108 Å². The average Bonchev–Trinajstić information content (AvgIpc) is 1.57. The minimum absolute atomic E-state index is 0. The van der Waals surface area contributed by atoms with Gasteiger partial charge in [0.2, 0.25) is 0 Å². The standard InChI is InChI=1S/C25H25ClN4O3.C18H22ClN3O2.C13H10ClNO3.C10H22N2O2.C7H4ClNO.ClH/c26-19-9-6-8-18(16-19)17-30-15-7-10-20(24(30)32)23(31)27-13-4-1-5-14-28-25-29-21-11-2-3-12-22(21)33-25;19-15-7-4-6-14(12-15)13-22-11-5-8-16(18(22)24)17(23)21-10-3-1-2-9-20;14-10-4-1-3-9(7-10)8-15-6-2-5-11(12(15)16)13(17)18;1-10(2,3)14-9(13)12-8-6-4-5-7-11;8-7-9-5-3-1-2-4-6(5)10-7;/h2-3,6-12,15-16H,1,4-5,13-14,17H2,(H,27,31)(H,28,29);4-8,11-12H,1-3,9-10,13,20H2,(H,21,23);1-7H,8H2,(H,17,18);4-8,11H2,1-3H3,(H,12,13);1-4H;1H. The van der Waals surface area contributed by atoms with E-state index >= 15 is 0 Å². The van der Waals surface area contributed by atoms with Crippen LogP contribution in [0.5, 0.6) is 0 Å². The molecule has 0 fully saturated rings. The van der Waals surface area contributed by atoms with Crippen molar-refractivity contribution in [2.45, 2.75) is 104 Å². The van der Waals surface area contributed by atoms with Crippen molar-refractivity contribution in [2.24, 2.45) is 11.5 Å². The van der Waals surface area contributed by atoms with E-state index in [9.17, 15) is 33.6 Å². The summed E-state index contributed by atoms with van der Waals surface area (Å²) < 4.78 is 20.1. The molecule has 100 heavy (non-hydrogen) atoms. The number of hydrogen-bond acceptors (Lipinski definition) is 15. The molecule has 0 aliphatic heterocycles. The van der Waals surface area contributed by atoms with Gasteiger partial charge in [-0.05, 0) is 204 Å². The van der Waals surface area contributed by atoms with E-state index in [4.69, 9.17) is 76.5 Å². The number of carbonyl (C=O) groups is 4. The first-order valence-corrected chi connectivity index (χ1v) is 33.7. The van der Waals surface area contributed by atoms with Gasteiger partial charge < -0.3 is 65.1 Å². The molecular formula is C73H84Cl5N11O11. The molecule has 5 heterocycles. The number of anilines is 1. The Kier molecular flexibility index (Phi) is 35.3. The number of unbranched alkanes of at least 4 members (excludes halogenated alkanes) is 6. The van der Waals surface area contributed by atoms with Crippen LogP contribution >= 0.6 is 58.8 Å². The zero-order valence-electron chi connectivity index (χ0n) is 55.8. The number of carboxylic acids is 1. The number of ether oxygens (including phenoxy) is 1. The fourth-order valence-corrected chi connectivity index (χ4v) is 10.2. The molecule has 0 atom stereocenters. The highest BCUT2D eigenvalue weighted by molar-refractivity contribution is 6.31. The number of carboxylic acid groups (broad SMARTS) is 1. The third-order valence-corrected chi connectivity index (χ3v) is 15.1. The summed E-state index contributed by atoms with van der Waals surface area (Å²) in [5.41, 5.74) is 15.0. The topological polar surface area (TPSA) is 316 Å². The van der Waals surface area contributed by atoms with Crippen molar-refractivity contribution in [1.82, 2.24) is 39.6 Å². The summed E-state index contributed by atoms with van der Waals surface area (Å²) in [6.45, 7) is 10.4. The average molecular weight is 1470 g/mol. The van der Waals surface area contributed by atoms with E-state index in [0.717, 1.165) is 103 Å². The van der Waals surface area contributed by atoms with Gasteiger partial charge in [-0.3, -0.25) is 24.0 Å². The number of rotatable bonds is 26. The van der Waals surface area contributed by atoms with E-state index in [1.54, 1.807) is 85.3 Å². The van der Waals surface area contributed by atoms with Crippen LogP contribution in [-0.2, 0) is 24.4 Å². The number of fused-ring (bicyclic) bond motifs is 2. The molecule has 532 valence electrons. The van der Waals surface area contributed by atoms with Crippen LogP contribution in [0.25, 0.3) is 22.2 Å². The molecule has 0 saturated carbocycles. The van der Waals surface area contributed by atoms with Gasteiger partial charge in [-0.15, -0.1) is 12.4 Å². The molecule has 9 N–H and O–H groups in total. The van der Waals surface area contributed by atoms with Gasteiger partial charge in [0.1, 0.15) is 33.3 Å². The second-order valence-corrected chi connectivity index (χ2v) is 24.9. The first-order chi connectivity index (χ1) is 47.6. The van der Waals surface area contributed by atoms with Gasteiger partial charge in [0.25, 0.3) is 39.9 Å². The summed E-state index contributed by atoms with van der Waals surface area (Å²) in [4.78, 5) is 92.0. The maximum absolute atomic E-state index is 12.7. The predicted octanol–water partition coefficient (Wildman–Crippen LogP) is 13.9. The number of pyridine rings is 3. The van der Waals surface area contributed by atoms with Crippen molar-refractivity contribution in [1.29, 1.82) is 0 Å². The highest BCUT2D eigenvalue weighted by Gasteiger charge is 2.17. The number of carbonyl (C=O) groups excluding carboxylic acids is 3. The monoisotopic (exact) mass is 1470 g/mol. The molecule has 27 heteroatoms. The third-order valence-electron chi connectivity index (χ3n) is 14.2. The minimum Gasteiger partial charge on any atom is -0.477 e. The van der Waals surface area contributed by atoms with Crippen LogP contribution in [0.4, 0.5) is 10.8 Å². The van der Waals surface area contributed by atoms with Crippen molar-refractivity contribution >= 4 is 111 Å². The van der Waals surface area contributed by atoms with Gasteiger partial charge in [-0.2, -0.15) is 9.97 Å². The van der Waals surface area contributed by atoms with Gasteiger partial charge in [0, 0.05) is 59.8 Å². The Balaban J connectivity index is 0.000000238. The lowest BCUT2D eigenvalue weighted by molar-refractivity contribution is 0.0525.